The van der Waals surface area contributed by atoms with Crippen molar-refractivity contribution in [2.45, 2.75) is 32.4 Å². The second-order valence-electron chi connectivity index (χ2n) is 5.71. The van der Waals surface area contributed by atoms with E-state index in [-0.39, 0.29) is 0 Å². The molecule has 0 amide bonds. The van der Waals surface area contributed by atoms with Crippen molar-refractivity contribution in [3.63, 3.8) is 0 Å². The number of aromatic nitrogens is 2. The number of benzene rings is 1. The van der Waals surface area contributed by atoms with Gasteiger partial charge in [0.15, 0.2) is 0 Å². The first kappa shape index (κ1) is 13.9. The average molecular weight is 290 g/mol. The standard InChI is InChI=1S/C15H22N4S/c1-3-19-8-4-5-13(19)11-18(2)10-12-6-7-14-15(9-12)17-20-16-14/h6-7,9,13H,3-5,8,10-11H2,1-2H3. The monoisotopic (exact) mass is 290 g/mol. The highest BCUT2D eigenvalue weighted by Gasteiger charge is 2.23. The van der Waals surface area contributed by atoms with E-state index in [9.17, 15) is 0 Å². The van der Waals surface area contributed by atoms with Crippen LogP contribution in [0.3, 0.4) is 0 Å². The van der Waals surface area contributed by atoms with Crippen LogP contribution in [0, 0.1) is 0 Å². The largest absolute Gasteiger partial charge is 0.301 e. The third-order valence-electron chi connectivity index (χ3n) is 4.20. The summed E-state index contributed by atoms with van der Waals surface area (Å²) in [6, 6.07) is 7.15. The van der Waals surface area contributed by atoms with Gasteiger partial charge in [0.25, 0.3) is 0 Å². The van der Waals surface area contributed by atoms with Gasteiger partial charge in [-0.2, -0.15) is 8.75 Å². The van der Waals surface area contributed by atoms with Crippen LogP contribution in [0.15, 0.2) is 18.2 Å². The zero-order valence-electron chi connectivity index (χ0n) is 12.2. The van der Waals surface area contributed by atoms with Crippen LogP contribution in [0.1, 0.15) is 25.3 Å². The predicted molar refractivity (Wildman–Crippen MR) is 84.0 cm³/mol. The number of likely N-dealkylation sites (N-methyl/N-ethyl adjacent to an activating group) is 2. The maximum absolute atomic E-state index is 4.32. The van der Waals surface area contributed by atoms with E-state index in [2.05, 4.69) is 50.7 Å². The number of likely N-dealkylation sites (tertiary alicyclic amines) is 1. The molecule has 1 unspecified atom stereocenters. The molecule has 1 aromatic heterocycles. The zero-order valence-corrected chi connectivity index (χ0v) is 13.1. The molecule has 0 N–H and O–H groups in total. The third-order valence-corrected chi connectivity index (χ3v) is 4.76. The fraction of sp³-hybridized carbons (Fsp3) is 0.600. The maximum Gasteiger partial charge on any atom is 0.105 e. The Morgan fingerprint density at radius 2 is 2.20 bits per heavy atom. The van der Waals surface area contributed by atoms with Gasteiger partial charge >= 0.3 is 0 Å². The van der Waals surface area contributed by atoms with E-state index in [0.29, 0.717) is 0 Å². The van der Waals surface area contributed by atoms with E-state index in [1.165, 1.54) is 43.2 Å². The number of fused-ring (bicyclic) bond motifs is 1. The molecule has 1 atom stereocenters. The van der Waals surface area contributed by atoms with E-state index in [1.807, 2.05) is 0 Å². The molecule has 1 saturated heterocycles. The van der Waals surface area contributed by atoms with Crippen molar-refractivity contribution in [1.82, 2.24) is 18.5 Å². The van der Waals surface area contributed by atoms with Crippen molar-refractivity contribution in [1.29, 1.82) is 0 Å². The van der Waals surface area contributed by atoms with Gasteiger partial charge in [-0.1, -0.05) is 13.0 Å². The summed E-state index contributed by atoms with van der Waals surface area (Å²) in [6.07, 6.45) is 2.69. The molecule has 5 heteroatoms. The molecule has 108 valence electrons. The topological polar surface area (TPSA) is 32.3 Å². The summed E-state index contributed by atoms with van der Waals surface area (Å²) in [6.45, 7) is 6.85. The van der Waals surface area contributed by atoms with Gasteiger partial charge in [0.2, 0.25) is 0 Å². The van der Waals surface area contributed by atoms with Crippen molar-refractivity contribution < 1.29 is 0 Å². The summed E-state index contributed by atoms with van der Waals surface area (Å²) in [5, 5.41) is 0. The van der Waals surface area contributed by atoms with Crippen LogP contribution in [0.5, 0.6) is 0 Å². The van der Waals surface area contributed by atoms with Gasteiger partial charge in [0, 0.05) is 19.1 Å². The van der Waals surface area contributed by atoms with Crippen LogP contribution in [0.25, 0.3) is 11.0 Å². The summed E-state index contributed by atoms with van der Waals surface area (Å²) in [7, 11) is 2.22. The highest BCUT2D eigenvalue weighted by atomic mass is 32.1. The van der Waals surface area contributed by atoms with Crippen molar-refractivity contribution >= 4 is 22.8 Å². The van der Waals surface area contributed by atoms with E-state index >= 15 is 0 Å². The van der Waals surface area contributed by atoms with Gasteiger partial charge in [-0.05, 0) is 50.7 Å². The zero-order chi connectivity index (χ0) is 13.9. The van der Waals surface area contributed by atoms with Gasteiger partial charge in [-0.3, -0.25) is 4.90 Å². The molecule has 3 rings (SSSR count). The lowest BCUT2D eigenvalue weighted by Crippen LogP contribution is -2.38. The van der Waals surface area contributed by atoms with Gasteiger partial charge in [0.05, 0.1) is 11.7 Å². The molecule has 0 radical (unpaired) electrons. The second kappa shape index (κ2) is 6.16. The molecule has 1 aliphatic heterocycles. The Hall–Kier alpha value is -1.04. The number of hydrogen-bond acceptors (Lipinski definition) is 5. The molecule has 2 aromatic rings. The number of rotatable bonds is 5. The minimum absolute atomic E-state index is 0.731. The SMILES string of the molecule is CCN1CCCC1CN(C)Cc1ccc2nsnc2c1. The highest BCUT2D eigenvalue weighted by Crippen LogP contribution is 2.19. The molecule has 20 heavy (non-hydrogen) atoms. The van der Waals surface area contributed by atoms with E-state index in [0.717, 1.165) is 30.2 Å². The normalized spacial score (nSPS) is 20.2. The second-order valence-corrected chi connectivity index (χ2v) is 6.24. The Morgan fingerprint density at radius 3 is 3.05 bits per heavy atom. The average Bonchev–Trinajstić information content (AvgIpc) is 3.06. The molecule has 1 aromatic carbocycles. The summed E-state index contributed by atoms with van der Waals surface area (Å²) < 4.78 is 8.57. The molecule has 0 bridgehead atoms. The van der Waals surface area contributed by atoms with E-state index in [1.54, 1.807) is 0 Å². The minimum Gasteiger partial charge on any atom is -0.301 e. The number of hydrogen-bond donors (Lipinski definition) is 0. The molecule has 1 aliphatic rings. The lowest BCUT2D eigenvalue weighted by molar-refractivity contribution is 0.195. The Morgan fingerprint density at radius 1 is 1.35 bits per heavy atom. The lowest BCUT2D eigenvalue weighted by Gasteiger charge is -2.27. The molecule has 0 spiro atoms. The van der Waals surface area contributed by atoms with E-state index < -0.39 is 0 Å². The van der Waals surface area contributed by atoms with Gasteiger partial charge in [0.1, 0.15) is 11.0 Å². The summed E-state index contributed by atoms with van der Waals surface area (Å²) >= 11 is 1.29. The van der Waals surface area contributed by atoms with Crippen LogP contribution < -0.4 is 0 Å². The van der Waals surface area contributed by atoms with Crippen LogP contribution in [-0.2, 0) is 6.54 Å². The van der Waals surface area contributed by atoms with Crippen LogP contribution >= 0.6 is 11.7 Å². The van der Waals surface area contributed by atoms with Crippen LogP contribution in [0.2, 0.25) is 0 Å². The van der Waals surface area contributed by atoms with Gasteiger partial charge < -0.3 is 4.90 Å². The molecular formula is C15H22N4S. The molecule has 0 aliphatic carbocycles. The van der Waals surface area contributed by atoms with Crippen molar-refractivity contribution in [3.05, 3.63) is 23.8 Å². The third kappa shape index (κ3) is 3.00. The molecule has 4 nitrogen and oxygen atoms in total. The molecular weight excluding hydrogens is 268 g/mol. The van der Waals surface area contributed by atoms with Gasteiger partial charge in [-0.25, -0.2) is 0 Å². The fourth-order valence-corrected chi connectivity index (χ4v) is 3.70. The minimum atomic E-state index is 0.731. The molecule has 2 heterocycles. The Kier molecular flexibility index (Phi) is 4.29. The lowest BCUT2D eigenvalue weighted by atomic mass is 10.1. The summed E-state index contributed by atoms with van der Waals surface area (Å²) in [5.74, 6) is 0. The van der Waals surface area contributed by atoms with E-state index in [4.69, 9.17) is 0 Å². The Labute approximate surface area is 124 Å². The number of nitrogens with zero attached hydrogens (tertiary/aromatic N) is 4. The van der Waals surface area contributed by atoms with Crippen molar-refractivity contribution in [2.75, 3.05) is 26.7 Å². The summed E-state index contributed by atoms with van der Waals surface area (Å²) in [5.41, 5.74) is 3.36. The molecule has 0 saturated carbocycles. The fourth-order valence-electron chi connectivity index (χ4n) is 3.18. The first-order valence-corrected chi connectivity index (χ1v) is 8.13. The van der Waals surface area contributed by atoms with Crippen LogP contribution in [0.4, 0.5) is 0 Å². The van der Waals surface area contributed by atoms with Crippen molar-refractivity contribution in [2.24, 2.45) is 0 Å². The summed E-state index contributed by atoms with van der Waals surface area (Å²) in [4.78, 5) is 5.03. The van der Waals surface area contributed by atoms with Crippen molar-refractivity contribution in [3.8, 4) is 0 Å². The highest BCUT2D eigenvalue weighted by molar-refractivity contribution is 7.00. The maximum atomic E-state index is 4.32. The van der Waals surface area contributed by atoms with Crippen LogP contribution in [-0.4, -0.2) is 51.3 Å². The predicted octanol–water partition coefficient (Wildman–Crippen LogP) is 2.61. The molecule has 1 fully saturated rings. The quantitative estimate of drug-likeness (QED) is 0.847. The smallest absolute Gasteiger partial charge is 0.105 e. The van der Waals surface area contributed by atoms with Gasteiger partial charge in [-0.15, -0.1) is 0 Å². The Bertz CT molecular complexity index is 568. The Balaban J connectivity index is 1.61. The first-order chi connectivity index (χ1) is 9.76. The first-order valence-electron chi connectivity index (χ1n) is 7.40.